The van der Waals surface area contributed by atoms with E-state index >= 15 is 0 Å². The first-order valence-corrected chi connectivity index (χ1v) is 7.49. The molecule has 0 aliphatic heterocycles. The maximum Gasteiger partial charge on any atom is 0.227 e. The van der Waals surface area contributed by atoms with Crippen molar-refractivity contribution in [2.45, 2.75) is 19.4 Å². The smallest absolute Gasteiger partial charge is 0.227 e. The Morgan fingerprint density at radius 2 is 1.86 bits per heavy atom. The molecule has 0 heterocycles. The predicted octanol–water partition coefficient (Wildman–Crippen LogP) is -0.790. The first kappa shape index (κ1) is 13.4. The molecule has 6 nitrogen and oxygen atoms in total. The summed E-state index contributed by atoms with van der Waals surface area (Å²) < 4.78 is 45.7. The summed E-state index contributed by atoms with van der Waals surface area (Å²) >= 11 is 0. The Balaban J connectivity index is 4.61. The molecule has 1 unspecified atom stereocenters. The van der Waals surface area contributed by atoms with Gasteiger partial charge in [0.1, 0.15) is 6.04 Å². The average Bonchev–Trinajstić information content (AvgIpc) is 1.95. The van der Waals surface area contributed by atoms with E-state index in [1.807, 2.05) is 4.72 Å². The van der Waals surface area contributed by atoms with Crippen LogP contribution in [0.2, 0.25) is 0 Å². The Morgan fingerprint density at radius 3 is 2.14 bits per heavy atom. The van der Waals surface area contributed by atoms with E-state index < -0.39 is 31.0 Å². The maximum absolute atomic E-state index is 11.1. The van der Waals surface area contributed by atoms with Crippen LogP contribution in [0.3, 0.4) is 0 Å². The first-order chi connectivity index (χ1) is 6.20. The number of nitrogens with one attached hydrogen (secondary N) is 1. The fourth-order valence-electron chi connectivity index (χ4n) is 0.734. The van der Waals surface area contributed by atoms with Gasteiger partial charge in [0.15, 0.2) is 14.9 Å². The largest absolute Gasteiger partial charge is 0.228 e. The van der Waals surface area contributed by atoms with Gasteiger partial charge in [-0.25, -0.2) is 16.8 Å². The summed E-state index contributed by atoms with van der Waals surface area (Å²) in [6.07, 6.45) is 1.11. The van der Waals surface area contributed by atoms with Gasteiger partial charge in [-0.2, -0.15) is 9.98 Å². The van der Waals surface area contributed by atoms with Gasteiger partial charge in [0.2, 0.25) is 10.0 Å². The number of hydrogen-bond acceptors (Lipinski definition) is 5. The van der Waals surface area contributed by atoms with Crippen LogP contribution in [-0.4, -0.2) is 34.2 Å². The quantitative estimate of drug-likeness (QED) is 0.678. The van der Waals surface area contributed by atoms with Crippen LogP contribution < -0.4 is 4.72 Å². The molecule has 0 aromatic rings. The highest BCUT2D eigenvalue weighted by molar-refractivity contribution is 8.06. The van der Waals surface area contributed by atoms with Crippen LogP contribution in [0, 0.1) is 11.3 Å². The van der Waals surface area contributed by atoms with Crippen LogP contribution in [0.4, 0.5) is 0 Å². The number of nitrogens with zero attached hydrogens (tertiary/aromatic N) is 1. The molecule has 0 bridgehead atoms. The number of nitriles is 1. The van der Waals surface area contributed by atoms with E-state index in [1.165, 1.54) is 0 Å². The first-order valence-electron chi connectivity index (χ1n) is 3.77. The van der Waals surface area contributed by atoms with Crippen molar-refractivity contribution >= 4 is 19.9 Å². The van der Waals surface area contributed by atoms with Crippen molar-refractivity contribution in [1.82, 2.24) is 4.72 Å². The van der Waals surface area contributed by atoms with Gasteiger partial charge in [-0.1, -0.05) is 6.92 Å². The lowest BCUT2D eigenvalue weighted by Crippen LogP contribution is -2.36. The molecule has 82 valence electrons. The highest BCUT2D eigenvalue weighted by Gasteiger charge is 2.21. The Morgan fingerprint density at radius 1 is 1.36 bits per heavy atom. The van der Waals surface area contributed by atoms with Crippen LogP contribution in [0.25, 0.3) is 0 Å². The van der Waals surface area contributed by atoms with Gasteiger partial charge in [-0.05, 0) is 6.42 Å². The standard InChI is InChI=1S/C6H12N2O4S2/c1-3-6(4-7)8-14(11,12)5-13(2,9)10/h6,8H,3,5H2,1-2H3. The molecule has 8 heteroatoms. The monoisotopic (exact) mass is 240 g/mol. The minimum absolute atomic E-state index is 0.291. The van der Waals surface area contributed by atoms with Crippen LogP contribution in [0.15, 0.2) is 0 Å². The van der Waals surface area contributed by atoms with Crippen molar-refractivity contribution in [3.63, 3.8) is 0 Å². The van der Waals surface area contributed by atoms with Crippen LogP contribution in [0.1, 0.15) is 13.3 Å². The zero-order valence-corrected chi connectivity index (χ0v) is 9.52. The molecule has 0 fully saturated rings. The second-order valence-corrected chi connectivity index (χ2v) is 7.13. The van der Waals surface area contributed by atoms with Crippen LogP contribution >= 0.6 is 0 Å². The summed E-state index contributed by atoms with van der Waals surface area (Å²) in [5.41, 5.74) is 0. The van der Waals surface area contributed by atoms with Gasteiger partial charge in [0.05, 0.1) is 6.07 Å². The Bertz CT molecular complexity index is 417. The van der Waals surface area contributed by atoms with Crippen LogP contribution in [-0.2, 0) is 19.9 Å². The maximum atomic E-state index is 11.1. The fraction of sp³-hybridized carbons (Fsp3) is 0.833. The lowest BCUT2D eigenvalue weighted by molar-refractivity contribution is 0.570. The molecule has 0 saturated carbocycles. The zero-order chi connectivity index (χ0) is 11.4. The van der Waals surface area contributed by atoms with Crippen molar-refractivity contribution in [3.05, 3.63) is 0 Å². The van der Waals surface area contributed by atoms with Crippen LogP contribution in [0.5, 0.6) is 0 Å². The van der Waals surface area contributed by atoms with Crippen molar-refractivity contribution in [3.8, 4) is 6.07 Å². The molecule has 14 heavy (non-hydrogen) atoms. The Kier molecular flexibility index (Phi) is 4.51. The second kappa shape index (κ2) is 4.72. The third-order valence-corrected chi connectivity index (χ3v) is 4.85. The normalized spacial score (nSPS) is 14.6. The minimum Gasteiger partial charge on any atom is -0.228 e. The Hall–Kier alpha value is -0.650. The third kappa shape index (κ3) is 5.90. The van der Waals surface area contributed by atoms with Crippen molar-refractivity contribution < 1.29 is 16.8 Å². The molecular formula is C6H12N2O4S2. The van der Waals surface area contributed by atoms with Crippen molar-refractivity contribution in [2.24, 2.45) is 0 Å². The van der Waals surface area contributed by atoms with E-state index in [1.54, 1.807) is 13.0 Å². The van der Waals surface area contributed by atoms with Gasteiger partial charge >= 0.3 is 0 Å². The van der Waals surface area contributed by atoms with Crippen molar-refractivity contribution in [2.75, 3.05) is 11.3 Å². The minimum atomic E-state index is -3.92. The summed E-state index contributed by atoms with van der Waals surface area (Å²) in [6, 6.07) is 0.835. The molecule has 0 spiro atoms. The molecule has 1 atom stereocenters. The van der Waals surface area contributed by atoms with E-state index in [0.29, 0.717) is 6.42 Å². The molecule has 0 amide bonds. The summed E-state index contributed by atoms with van der Waals surface area (Å²) in [6.45, 7) is 1.62. The fourth-order valence-corrected chi connectivity index (χ4v) is 3.91. The van der Waals surface area contributed by atoms with E-state index in [4.69, 9.17) is 5.26 Å². The number of sulfonamides is 1. The Labute approximate surface area is 83.9 Å². The van der Waals surface area contributed by atoms with Gasteiger partial charge < -0.3 is 0 Å². The average molecular weight is 240 g/mol. The van der Waals surface area contributed by atoms with E-state index in [9.17, 15) is 16.8 Å². The van der Waals surface area contributed by atoms with Gasteiger partial charge in [0.25, 0.3) is 0 Å². The zero-order valence-electron chi connectivity index (χ0n) is 7.89. The summed E-state index contributed by atoms with van der Waals surface area (Å²) in [4.78, 5) is 0. The molecule has 1 N–H and O–H groups in total. The lowest BCUT2D eigenvalue weighted by Gasteiger charge is -2.08. The number of rotatable bonds is 5. The highest BCUT2D eigenvalue weighted by atomic mass is 32.3. The molecule has 0 aromatic heterocycles. The number of hydrogen-bond donors (Lipinski definition) is 1. The predicted molar refractivity (Wildman–Crippen MR) is 51.5 cm³/mol. The summed E-state index contributed by atoms with van der Waals surface area (Å²) in [7, 11) is -7.53. The second-order valence-electron chi connectivity index (χ2n) is 2.87. The topological polar surface area (TPSA) is 104 Å². The highest BCUT2D eigenvalue weighted by Crippen LogP contribution is 1.96. The lowest BCUT2D eigenvalue weighted by atomic mass is 10.3. The molecule has 0 aromatic carbocycles. The molecule has 0 aliphatic rings. The third-order valence-electron chi connectivity index (χ3n) is 1.26. The van der Waals surface area contributed by atoms with E-state index in [0.717, 1.165) is 6.26 Å². The van der Waals surface area contributed by atoms with Gasteiger partial charge in [-0.3, -0.25) is 0 Å². The van der Waals surface area contributed by atoms with Gasteiger partial charge in [0, 0.05) is 6.26 Å². The molecule has 0 saturated heterocycles. The van der Waals surface area contributed by atoms with E-state index in [2.05, 4.69) is 0 Å². The SMILES string of the molecule is CCC(C#N)NS(=O)(=O)CS(C)(=O)=O. The van der Waals surface area contributed by atoms with E-state index in [-0.39, 0.29) is 0 Å². The number of sulfone groups is 1. The molecule has 0 aliphatic carbocycles. The molecule has 0 rings (SSSR count). The summed E-state index contributed by atoms with van der Waals surface area (Å²) in [5, 5.41) is 7.47. The molecule has 0 radical (unpaired) electrons. The summed E-state index contributed by atoms with van der Waals surface area (Å²) in [5.74, 6) is 0. The van der Waals surface area contributed by atoms with Crippen molar-refractivity contribution in [1.29, 1.82) is 5.26 Å². The molecular weight excluding hydrogens is 228 g/mol. The van der Waals surface area contributed by atoms with Gasteiger partial charge in [-0.15, -0.1) is 0 Å².